The first-order valence-corrected chi connectivity index (χ1v) is 10.5. The highest BCUT2D eigenvalue weighted by Gasteiger charge is 2.32. The van der Waals surface area contributed by atoms with E-state index in [0.29, 0.717) is 13.1 Å². The number of ether oxygens (including phenoxy) is 1. The van der Waals surface area contributed by atoms with Gasteiger partial charge in [0.1, 0.15) is 5.82 Å². The molecule has 3 rings (SSSR count). The molecule has 1 fully saturated rings. The van der Waals surface area contributed by atoms with Crippen molar-refractivity contribution in [1.82, 2.24) is 4.98 Å². The fraction of sp³-hybridized carbons (Fsp3) is 0.333. The molecule has 8 nitrogen and oxygen atoms in total. The van der Waals surface area contributed by atoms with E-state index in [1.165, 1.54) is 30.3 Å². The van der Waals surface area contributed by atoms with Crippen LogP contribution >= 0.6 is 0 Å². The van der Waals surface area contributed by atoms with Crippen LogP contribution in [0.4, 0.5) is 24.7 Å². The first kappa shape index (κ1) is 21.8. The molecule has 1 saturated heterocycles. The zero-order chi connectivity index (χ0) is 21.9. The molecule has 0 aliphatic carbocycles. The van der Waals surface area contributed by atoms with Crippen LogP contribution in [0.2, 0.25) is 0 Å². The Morgan fingerprint density at radius 2 is 1.83 bits per heavy atom. The molecule has 1 aliphatic heterocycles. The summed E-state index contributed by atoms with van der Waals surface area (Å²) in [5.74, 6) is -1.26. The van der Waals surface area contributed by atoms with Gasteiger partial charge in [-0.1, -0.05) is 6.07 Å². The van der Waals surface area contributed by atoms with E-state index in [0.717, 1.165) is 25.3 Å². The van der Waals surface area contributed by atoms with Crippen LogP contribution in [0, 0.1) is 0 Å². The summed E-state index contributed by atoms with van der Waals surface area (Å²) in [7, 11) is -3.97. The Bertz CT molecular complexity index is 1040. The number of piperidine rings is 1. The first-order valence-electron chi connectivity index (χ1n) is 8.99. The summed E-state index contributed by atoms with van der Waals surface area (Å²) in [5.41, 5.74) is 0.194. The fourth-order valence-corrected chi connectivity index (χ4v) is 3.64. The molecule has 0 bridgehead atoms. The number of nitrogens with zero attached hydrogens (tertiary/aromatic N) is 2. The van der Waals surface area contributed by atoms with Crippen LogP contribution in [0.3, 0.4) is 0 Å². The Kier molecular flexibility index (Phi) is 6.17. The average Bonchev–Trinajstić information content (AvgIpc) is 2.67. The number of halogens is 3. The smallest absolute Gasteiger partial charge is 0.388 e. The number of alkyl halides is 3. The number of anilines is 2. The topological polar surface area (TPSA) is 115 Å². The number of hydrogen-bond donors (Lipinski definition) is 2. The van der Waals surface area contributed by atoms with E-state index in [9.17, 15) is 26.4 Å². The molecular weight excluding hydrogens is 425 g/mol. The molecule has 162 valence electrons. The van der Waals surface area contributed by atoms with Crippen molar-refractivity contribution < 1.29 is 31.1 Å². The van der Waals surface area contributed by atoms with Gasteiger partial charge in [0.2, 0.25) is 15.9 Å². The van der Waals surface area contributed by atoms with Gasteiger partial charge >= 0.3 is 6.36 Å². The van der Waals surface area contributed by atoms with Crippen molar-refractivity contribution in [3.8, 4) is 5.88 Å². The van der Waals surface area contributed by atoms with Gasteiger partial charge in [0.05, 0.1) is 10.5 Å². The normalized spacial score (nSPS) is 15.0. The number of nitrogens with two attached hydrogens (primary N) is 1. The number of hydrogen-bond acceptors (Lipinski definition) is 6. The van der Waals surface area contributed by atoms with Gasteiger partial charge in [0.15, 0.2) is 0 Å². The van der Waals surface area contributed by atoms with Crippen LogP contribution in [-0.2, 0) is 10.0 Å². The SMILES string of the molecule is NS(=O)(=O)c1cccc(NC(=O)c2ccc(OC(F)(F)F)nc2N2CCCCC2)c1. The van der Waals surface area contributed by atoms with Crippen LogP contribution in [0.5, 0.6) is 5.88 Å². The van der Waals surface area contributed by atoms with Gasteiger partial charge < -0.3 is 15.0 Å². The highest BCUT2D eigenvalue weighted by Crippen LogP contribution is 2.29. The molecule has 3 N–H and O–H groups in total. The molecule has 1 aliphatic rings. The van der Waals surface area contributed by atoms with Gasteiger partial charge in [0, 0.05) is 24.8 Å². The van der Waals surface area contributed by atoms with E-state index in [1.807, 2.05) is 0 Å². The minimum absolute atomic E-state index is 0.0347. The van der Waals surface area contributed by atoms with Gasteiger partial charge in [-0.05, 0) is 43.5 Å². The quantitative estimate of drug-likeness (QED) is 0.733. The summed E-state index contributed by atoms with van der Waals surface area (Å²) in [4.78, 5) is 18.3. The van der Waals surface area contributed by atoms with Gasteiger partial charge in [-0.15, -0.1) is 13.2 Å². The van der Waals surface area contributed by atoms with E-state index in [-0.39, 0.29) is 22.0 Å². The second-order valence-corrected chi connectivity index (χ2v) is 8.20. The van der Waals surface area contributed by atoms with Crippen molar-refractivity contribution in [3.05, 3.63) is 42.0 Å². The second kappa shape index (κ2) is 8.48. The maximum atomic E-state index is 12.8. The third-order valence-corrected chi connectivity index (χ3v) is 5.30. The average molecular weight is 444 g/mol. The summed E-state index contributed by atoms with van der Waals surface area (Å²) in [5, 5.41) is 7.62. The highest BCUT2D eigenvalue weighted by molar-refractivity contribution is 7.89. The van der Waals surface area contributed by atoms with Gasteiger partial charge in [0.25, 0.3) is 5.91 Å². The minimum atomic E-state index is -4.91. The second-order valence-electron chi connectivity index (χ2n) is 6.64. The van der Waals surface area contributed by atoms with E-state index >= 15 is 0 Å². The Morgan fingerprint density at radius 1 is 1.13 bits per heavy atom. The molecule has 0 unspecified atom stereocenters. The number of nitrogens with one attached hydrogen (secondary N) is 1. The lowest BCUT2D eigenvalue weighted by Gasteiger charge is -2.29. The molecule has 0 spiro atoms. The number of pyridine rings is 1. The van der Waals surface area contributed by atoms with Gasteiger partial charge in [-0.2, -0.15) is 4.98 Å². The number of sulfonamides is 1. The van der Waals surface area contributed by atoms with Crippen LogP contribution in [0.25, 0.3) is 0 Å². The lowest BCUT2D eigenvalue weighted by atomic mass is 10.1. The number of primary sulfonamides is 1. The van der Waals surface area contributed by atoms with Crippen molar-refractivity contribution in [3.63, 3.8) is 0 Å². The van der Waals surface area contributed by atoms with E-state index < -0.39 is 28.2 Å². The van der Waals surface area contributed by atoms with Crippen molar-refractivity contribution in [2.45, 2.75) is 30.5 Å². The highest BCUT2D eigenvalue weighted by atomic mass is 32.2. The van der Waals surface area contributed by atoms with Crippen LogP contribution in [0.15, 0.2) is 41.3 Å². The summed E-state index contributed by atoms with van der Waals surface area (Å²) in [6.45, 7) is 1.06. The largest absolute Gasteiger partial charge is 0.574 e. The number of carbonyl (C=O) groups is 1. The molecular formula is C18H19F3N4O4S. The number of carbonyl (C=O) groups excluding carboxylic acids is 1. The lowest BCUT2D eigenvalue weighted by Crippen LogP contribution is -2.32. The van der Waals surface area contributed by atoms with Gasteiger partial charge in [-0.3, -0.25) is 4.79 Å². The fourth-order valence-electron chi connectivity index (χ4n) is 3.08. The molecule has 1 aromatic heterocycles. The predicted molar refractivity (Wildman–Crippen MR) is 103 cm³/mol. The van der Waals surface area contributed by atoms with Crippen LogP contribution < -0.4 is 20.1 Å². The van der Waals surface area contributed by atoms with Gasteiger partial charge in [-0.25, -0.2) is 13.6 Å². The van der Waals surface area contributed by atoms with E-state index in [2.05, 4.69) is 15.0 Å². The Hall–Kier alpha value is -2.86. The Labute approximate surface area is 170 Å². The molecule has 0 radical (unpaired) electrons. The summed E-state index contributed by atoms with van der Waals surface area (Å²) < 4.78 is 64.6. The number of aromatic nitrogens is 1. The minimum Gasteiger partial charge on any atom is -0.388 e. The summed E-state index contributed by atoms with van der Waals surface area (Å²) in [6, 6.07) is 7.46. The molecule has 1 aromatic carbocycles. The van der Waals surface area contributed by atoms with Crippen molar-refractivity contribution >= 4 is 27.4 Å². The molecule has 2 aromatic rings. The maximum Gasteiger partial charge on any atom is 0.574 e. The Balaban J connectivity index is 1.92. The summed E-state index contributed by atoms with van der Waals surface area (Å²) >= 11 is 0. The van der Waals surface area contributed by atoms with E-state index in [4.69, 9.17) is 5.14 Å². The standard InChI is InChI=1S/C18H19F3N4O4S/c19-18(20,21)29-15-8-7-14(16(24-15)25-9-2-1-3-10-25)17(26)23-12-5-4-6-13(11-12)30(22,27)28/h4-8,11H,1-3,9-10H2,(H,23,26)(H2,22,27,28). The van der Waals surface area contributed by atoms with Crippen molar-refractivity contribution in [2.24, 2.45) is 5.14 Å². The Morgan fingerprint density at radius 3 is 2.47 bits per heavy atom. The van der Waals surface area contributed by atoms with E-state index in [1.54, 1.807) is 4.90 Å². The third-order valence-electron chi connectivity index (χ3n) is 4.39. The monoisotopic (exact) mass is 444 g/mol. The zero-order valence-electron chi connectivity index (χ0n) is 15.6. The van der Waals surface area contributed by atoms with Crippen LogP contribution in [-0.4, -0.2) is 38.8 Å². The maximum absolute atomic E-state index is 12.8. The van der Waals surface area contributed by atoms with Crippen LogP contribution in [0.1, 0.15) is 29.6 Å². The van der Waals surface area contributed by atoms with Crippen molar-refractivity contribution in [2.75, 3.05) is 23.3 Å². The third kappa shape index (κ3) is 5.60. The first-order chi connectivity index (χ1) is 14.0. The number of benzene rings is 1. The number of rotatable bonds is 5. The summed E-state index contributed by atoms with van der Waals surface area (Å²) in [6.07, 6.45) is -2.33. The number of amides is 1. The molecule has 0 atom stereocenters. The zero-order valence-corrected chi connectivity index (χ0v) is 16.5. The molecule has 30 heavy (non-hydrogen) atoms. The predicted octanol–water partition coefficient (Wildman–Crippen LogP) is 2.87. The van der Waals surface area contributed by atoms with Crippen molar-refractivity contribution in [1.29, 1.82) is 0 Å². The molecule has 1 amide bonds. The molecule has 0 saturated carbocycles. The molecule has 2 heterocycles. The molecule has 12 heteroatoms. The lowest BCUT2D eigenvalue weighted by molar-refractivity contribution is -0.276.